The topological polar surface area (TPSA) is 58.6 Å². The molecule has 1 fully saturated rings. The number of amides is 2. The number of carbonyl (C=O) groups is 2. The number of carbonyl (C=O) groups excluding carboxylic acids is 2. The van der Waals surface area contributed by atoms with Crippen molar-refractivity contribution < 1.29 is 14.3 Å². The van der Waals surface area contributed by atoms with Crippen LogP contribution in [-0.2, 0) is 9.53 Å². The zero-order chi connectivity index (χ0) is 12.3. The zero-order valence-electron chi connectivity index (χ0n) is 10.4. The Morgan fingerprint density at radius 1 is 1.56 bits per heavy atom. The van der Waals surface area contributed by atoms with Crippen molar-refractivity contribution in [3.63, 3.8) is 0 Å². The van der Waals surface area contributed by atoms with E-state index < -0.39 is 14.2 Å². The fourth-order valence-corrected chi connectivity index (χ4v) is 2.04. The maximum atomic E-state index is 11.3. The van der Waals surface area contributed by atoms with Gasteiger partial charge in [-0.3, -0.25) is 4.79 Å². The van der Waals surface area contributed by atoms with Crippen LogP contribution in [0, 0.1) is 0 Å². The molecule has 1 heterocycles. The van der Waals surface area contributed by atoms with Crippen molar-refractivity contribution in [1.82, 2.24) is 10.4 Å². The van der Waals surface area contributed by atoms with E-state index in [1.165, 1.54) is 5.01 Å². The molecule has 5 nitrogen and oxygen atoms in total. The Hall–Kier alpha value is -1.04. The second-order valence-corrected chi connectivity index (χ2v) is 11.0. The maximum absolute atomic E-state index is 11.3. The third kappa shape index (κ3) is 3.84. The number of nitrogens with one attached hydrogen (secondary N) is 1. The molecular weight excluding hydrogens is 224 g/mol. The van der Waals surface area contributed by atoms with Crippen LogP contribution in [0.4, 0.5) is 4.79 Å². The highest BCUT2D eigenvalue weighted by molar-refractivity contribution is 6.76. The molecule has 1 aliphatic rings. The van der Waals surface area contributed by atoms with E-state index in [0.717, 1.165) is 6.04 Å². The van der Waals surface area contributed by atoms with Crippen molar-refractivity contribution in [3.05, 3.63) is 0 Å². The van der Waals surface area contributed by atoms with Gasteiger partial charge >= 0.3 is 6.09 Å². The van der Waals surface area contributed by atoms with Gasteiger partial charge in [-0.05, 0) is 13.0 Å². The number of nitrogens with zero attached hydrogens (tertiary/aromatic N) is 1. The van der Waals surface area contributed by atoms with Gasteiger partial charge in [0.2, 0.25) is 5.91 Å². The molecule has 0 aliphatic carbocycles. The molecule has 1 saturated heterocycles. The molecule has 0 aromatic rings. The summed E-state index contributed by atoms with van der Waals surface area (Å²) in [7, 11) is -1.17. The highest BCUT2D eigenvalue weighted by atomic mass is 28.3. The SMILES string of the molecule is CC1CC(=O)N1NC(=O)OCC[Si](C)(C)C. The number of hydrazine groups is 1. The minimum Gasteiger partial charge on any atom is -0.449 e. The molecule has 0 aromatic heterocycles. The molecule has 1 N–H and O–H groups in total. The number of hydrogen-bond acceptors (Lipinski definition) is 3. The van der Waals surface area contributed by atoms with Crippen LogP contribution in [0.25, 0.3) is 0 Å². The fourth-order valence-electron chi connectivity index (χ4n) is 1.33. The Morgan fingerprint density at radius 2 is 2.19 bits per heavy atom. The third-order valence-electron chi connectivity index (χ3n) is 2.48. The largest absolute Gasteiger partial charge is 0.449 e. The van der Waals surface area contributed by atoms with Crippen molar-refractivity contribution in [2.24, 2.45) is 0 Å². The third-order valence-corrected chi connectivity index (χ3v) is 4.18. The average Bonchev–Trinajstić information content (AvgIpc) is 2.13. The molecule has 1 atom stereocenters. The standard InChI is InChI=1S/C10H20N2O3Si/c1-8-7-9(13)12(8)11-10(14)15-5-6-16(2,3)4/h8H,5-7H2,1-4H3,(H,11,14). The Labute approximate surface area is 97.1 Å². The summed E-state index contributed by atoms with van der Waals surface area (Å²) in [5.41, 5.74) is 2.44. The molecule has 0 bridgehead atoms. The molecule has 1 unspecified atom stereocenters. The Kier molecular flexibility index (Phi) is 3.96. The summed E-state index contributed by atoms with van der Waals surface area (Å²) in [5.74, 6) is -0.0605. The van der Waals surface area contributed by atoms with Crippen molar-refractivity contribution in [2.45, 2.75) is 45.1 Å². The number of rotatable bonds is 4. The Balaban J connectivity index is 2.19. The minimum absolute atomic E-state index is 0.0605. The first-order chi connectivity index (χ1) is 7.29. The van der Waals surface area contributed by atoms with Gasteiger partial charge in [-0.15, -0.1) is 0 Å². The van der Waals surface area contributed by atoms with Gasteiger partial charge in [0, 0.05) is 8.07 Å². The van der Waals surface area contributed by atoms with Crippen LogP contribution in [0.5, 0.6) is 0 Å². The second kappa shape index (κ2) is 4.86. The average molecular weight is 244 g/mol. The predicted molar refractivity (Wildman–Crippen MR) is 63.6 cm³/mol. The highest BCUT2D eigenvalue weighted by Gasteiger charge is 2.34. The van der Waals surface area contributed by atoms with Crippen LogP contribution >= 0.6 is 0 Å². The molecule has 1 aliphatic heterocycles. The lowest BCUT2D eigenvalue weighted by atomic mass is 10.1. The first-order valence-corrected chi connectivity index (χ1v) is 9.26. The molecular formula is C10H20N2O3Si. The summed E-state index contributed by atoms with van der Waals surface area (Å²) in [6.07, 6.45) is -0.0343. The summed E-state index contributed by atoms with van der Waals surface area (Å²) >= 11 is 0. The van der Waals surface area contributed by atoms with E-state index in [9.17, 15) is 9.59 Å². The predicted octanol–water partition coefficient (Wildman–Crippen LogP) is 1.59. The van der Waals surface area contributed by atoms with Crippen LogP contribution in [0.15, 0.2) is 0 Å². The number of β-lactam (4-membered cyclic amide) rings is 1. The first-order valence-electron chi connectivity index (χ1n) is 5.55. The normalized spacial score (nSPS) is 20.4. The summed E-state index contributed by atoms with van der Waals surface area (Å²) in [4.78, 5) is 22.4. The molecule has 1 rings (SSSR count). The van der Waals surface area contributed by atoms with Gasteiger partial charge in [0.1, 0.15) is 0 Å². The molecule has 0 radical (unpaired) electrons. The van der Waals surface area contributed by atoms with Crippen LogP contribution in [0.3, 0.4) is 0 Å². The van der Waals surface area contributed by atoms with Crippen molar-refractivity contribution in [2.75, 3.05) is 6.61 Å². The van der Waals surface area contributed by atoms with Crippen molar-refractivity contribution in [3.8, 4) is 0 Å². The summed E-state index contributed by atoms with van der Waals surface area (Å²) in [6.45, 7) is 8.96. The van der Waals surface area contributed by atoms with Crippen molar-refractivity contribution >= 4 is 20.1 Å². The van der Waals surface area contributed by atoms with E-state index in [4.69, 9.17) is 4.74 Å². The quantitative estimate of drug-likeness (QED) is 0.603. The Morgan fingerprint density at radius 3 is 2.62 bits per heavy atom. The first kappa shape index (κ1) is 13.0. The van der Waals surface area contributed by atoms with Crippen LogP contribution in [0.2, 0.25) is 25.7 Å². The van der Waals surface area contributed by atoms with Gasteiger partial charge in [-0.2, -0.15) is 0 Å². The molecule has 16 heavy (non-hydrogen) atoms. The molecule has 0 aromatic carbocycles. The van der Waals surface area contributed by atoms with E-state index in [0.29, 0.717) is 13.0 Å². The zero-order valence-corrected chi connectivity index (χ0v) is 11.4. The minimum atomic E-state index is -1.17. The van der Waals surface area contributed by atoms with Gasteiger partial charge in [-0.1, -0.05) is 19.6 Å². The Bertz CT molecular complexity index is 288. The second-order valence-electron chi connectivity index (χ2n) is 5.38. The van der Waals surface area contributed by atoms with E-state index in [-0.39, 0.29) is 11.9 Å². The summed E-state index contributed by atoms with van der Waals surface area (Å²) in [6, 6.07) is 1.02. The van der Waals surface area contributed by atoms with Gasteiger partial charge < -0.3 is 4.74 Å². The number of ether oxygens (including phenoxy) is 1. The van der Waals surface area contributed by atoms with Gasteiger partial charge in [0.05, 0.1) is 19.1 Å². The van der Waals surface area contributed by atoms with Gasteiger partial charge in [0.15, 0.2) is 0 Å². The molecule has 0 spiro atoms. The molecule has 6 heteroatoms. The maximum Gasteiger partial charge on any atom is 0.426 e. The molecule has 2 amide bonds. The van der Waals surface area contributed by atoms with Gasteiger partial charge in [-0.25, -0.2) is 15.2 Å². The smallest absolute Gasteiger partial charge is 0.426 e. The monoisotopic (exact) mass is 244 g/mol. The number of hydrogen-bond donors (Lipinski definition) is 1. The van der Waals surface area contributed by atoms with E-state index in [2.05, 4.69) is 25.1 Å². The van der Waals surface area contributed by atoms with Crippen molar-refractivity contribution in [1.29, 1.82) is 0 Å². The lowest BCUT2D eigenvalue weighted by Crippen LogP contribution is -2.59. The lowest BCUT2D eigenvalue weighted by molar-refractivity contribution is -0.149. The molecule has 92 valence electrons. The van der Waals surface area contributed by atoms with E-state index >= 15 is 0 Å². The fraction of sp³-hybridized carbons (Fsp3) is 0.800. The van der Waals surface area contributed by atoms with Crippen LogP contribution < -0.4 is 5.43 Å². The van der Waals surface area contributed by atoms with E-state index in [1.807, 2.05) is 6.92 Å². The van der Waals surface area contributed by atoms with Gasteiger partial charge in [0.25, 0.3) is 0 Å². The summed E-state index contributed by atoms with van der Waals surface area (Å²) < 4.78 is 5.01. The summed E-state index contributed by atoms with van der Waals surface area (Å²) in [5, 5.41) is 1.32. The van der Waals surface area contributed by atoms with Crippen LogP contribution in [0.1, 0.15) is 13.3 Å². The lowest BCUT2D eigenvalue weighted by Gasteiger charge is -2.37. The highest BCUT2D eigenvalue weighted by Crippen LogP contribution is 2.15. The van der Waals surface area contributed by atoms with Crippen LogP contribution in [-0.4, -0.2) is 37.7 Å². The molecule has 0 saturated carbocycles. The van der Waals surface area contributed by atoms with E-state index in [1.54, 1.807) is 0 Å².